The summed E-state index contributed by atoms with van der Waals surface area (Å²) in [5.41, 5.74) is 5.67. The minimum Gasteiger partial charge on any atom is -0.342 e. The van der Waals surface area contributed by atoms with Crippen molar-refractivity contribution in [1.82, 2.24) is 20.1 Å². The van der Waals surface area contributed by atoms with Gasteiger partial charge in [-0.3, -0.25) is 9.89 Å². The summed E-state index contributed by atoms with van der Waals surface area (Å²) < 4.78 is 0. The zero-order valence-corrected chi connectivity index (χ0v) is 11.0. The Kier molecular flexibility index (Phi) is 3.96. The molecule has 1 aromatic rings. The third-order valence-corrected chi connectivity index (χ3v) is 3.25. The van der Waals surface area contributed by atoms with Crippen LogP contribution in [0.15, 0.2) is 0 Å². The number of nitrogens with one attached hydrogen (secondary N) is 1. The third kappa shape index (κ3) is 3.07. The van der Waals surface area contributed by atoms with Gasteiger partial charge in [0.25, 0.3) is 0 Å². The van der Waals surface area contributed by atoms with E-state index in [1.165, 1.54) is 0 Å². The SMILES string of the molecule is Cc1nc(C2CCCN(C(=O)CC(C)N)C2)n[nH]1. The van der Waals surface area contributed by atoms with Crippen LogP contribution in [0.2, 0.25) is 0 Å². The molecule has 1 aromatic heterocycles. The van der Waals surface area contributed by atoms with Crippen molar-refractivity contribution < 1.29 is 4.79 Å². The number of carbonyl (C=O) groups is 1. The first-order valence-corrected chi connectivity index (χ1v) is 6.48. The first kappa shape index (κ1) is 13.0. The normalized spacial score (nSPS) is 21.9. The first-order valence-electron chi connectivity index (χ1n) is 6.48. The summed E-state index contributed by atoms with van der Waals surface area (Å²) >= 11 is 0. The smallest absolute Gasteiger partial charge is 0.224 e. The van der Waals surface area contributed by atoms with Gasteiger partial charge in [-0.25, -0.2) is 4.98 Å². The molecule has 3 N–H and O–H groups in total. The quantitative estimate of drug-likeness (QED) is 0.821. The molecule has 0 radical (unpaired) electrons. The summed E-state index contributed by atoms with van der Waals surface area (Å²) in [5, 5.41) is 7.05. The maximum absolute atomic E-state index is 12.0. The van der Waals surface area contributed by atoms with Crippen molar-refractivity contribution in [2.24, 2.45) is 5.73 Å². The van der Waals surface area contributed by atoms with Gasteiger partial charge < -0.3 is 10.6 Å². The molecule has 6 nitrogen and oxygen atoms in total. The van der Waals surface area contributed by atoms with E-state index in [9.17, 15) is 4.79 Å². The van der Waals surface area contributed by atoms with E-state index in [0.29, 0.717) is 13.0 Å². The van der Waals surface area contributed by atoms with Gasteiger partial charge in [0.05, 0.1) is 0 Å². The Bertz CT molecular complexity index is 414. The van der Waals surface area contributed by atoms with Crippen molar-refractivity contribution in [3.05, 3.63) is 11.6 Å². The van der Waals surface area contributed by atoms with Gasteiger partial charge in [-0.05, 0) is 26.7 Å². The number of nitrogens with two attached hydrogens (primary N) is 1. The second-order valence-electron chi connectivity index (χ2n) is 5.14. The second-order valence-corrected chi connectivity index (χ2v) is 5.14. The van der Waals surface area contributed by atoms with Crippen molar-refractivity contribution in [3.63, 3.8) is 0 Å². The molecule has 1 fully saturated rings. The molecule has 1 aliphatic heterocycles. The number of aryl methyl sites for hydroxylation is 1. The second kappa shape index (κ2) is 5.48. The lowest BCUT2D eigenvalue weighted by Crippen LogP contribution is -2.41. The van der Waals surface area contributed by atoms with Crippen LogP contribution < -0.4 is 5.73 Å². The van der Waals surface area contributed by atoms with Crippen LogP contribution in [0.25, 0.3) is 0 Å². The average molecular weight is 251 g/mol. The summed E-state index contributed by atoms with van der Waals surface area (Å²) in [7, 11) is 0. The van der Waals surface area contributed by atoms with Gasteiger partial charge in [-0.1, -0.05) is 0 Å². The number of piperidine rings is 1. The maximum Gasteiger partial charge on any atom is 0.224 e. The number of aromatic amines is 1. The molecule has 2 rings (SSSR count). The Morgan fingerprint density at radius 1 is 1.67 bits per heavy atom. The number of amides is 1. The van der Waals surface area contributed by atoms with E-state index < -0.39 is 0 Å². The Labute approximate surface area is 107 Å². The van der Waals surface area contributed by atoms with Crippen molar-refractivity contribution in [3.8, 4) is 0 Å². The molecule has 100 valence electrons. The molecular formula is C12H21N5O. The van der Waals surface area contributed by atoms with E-state index in [1.807, 2.05) is 18.7 Å². The Morgan fingerprint density at radius 3 is 3.06 bits per heavy atom. The van der Waals surface area contributed by atoms with Crippen LogP contribution in [0, 0.1) is 6.92 Å². The molecule has 1 aliphatic rings. The summed E-state index contributed by atoms with van der Waals surface area (Å²) in [4.78, 5) is 18.2. The van der Waals surface area contributed by atoms with E-state index in [4.69, 9.17) is 5.73 Å². The standard InChI is InChI=1S/C12H21N5O/c1-8(13)6-11(18)17-5-3-4-10(7-17)12-14-9(2)15-16-12/h8,10H,3-7,13H2,1-2H3,(H,14,15,16). The first-order chi connectivity index (χ1) is 8.56. The fourth-order valence-electron chi connectivity index (χ4n) is 2.36. The highest BCUT2D eigenvalue weighted by Gasteiger charge is 2.27. The van der Waals surface area contributed by atoms with Crippen LogP contribution in [0.4, 0.5) is 0 Å². The molecule has 0 aromatic carbocycles. The third-order valence-electron chi connectivity index (χ3n) is 3.25. The number of rotatable bonds is 3. The Balaban J connectivity index is 1.98. The van der Waals surface area contributed by atoms with Gasteiger partial charge in [0.2, 0.25) is 5.91 Å². The zero-order valence-electron chi connectivity index (χ0n) is 11.0. The lowest BCUT2D eigenvalue weighted by Gasteiger charge is -2.32. The largest absolute Gasteiger partial charge is 0.342 e. The molecule has 6 heteroatoms. The fraction of sp³-hybridized carbons (Fsp3) is 0.750. The molecule has 0 aliphatic carbocycles. The lowest BCUT2D eigenvalue weighted by molar-refractivity contribution is -0.132. The number of nitrogens with zero attached hydrogens (tertiary/aromatic N) is 3. The fourth-order valence-corrected chi connectivity index (χ4v) is 2.36. The molecule has 0 saturated carbocycles. The number of likely N-dealkylation sites (tertiary alicyclic amines) is 1. The van der Waals surface area contributed by atoms with Crippen LogP contribution >= 0.6 is 0 Å². The molecule has 1 saturated heterocycles. The van der Waals surface area contributed by atoms with Crippen molar-refractivity contribution >= 4 is 5.91 Å². The summed E-state index contributed by atoms with van der Waals surface area (Å²) in [5.74, 6) is 2.04. The Morgan fingerprint density at radius 2 is 2.44 bits per heavy atom. The highest BCUT2D eigenvalue weighted by atomic mass is 16.2. The van der Waals surface area contributed by atoms with E-state index >= 15 is 0 Å². The van der Waals surface area contributed by atoms with Gasteiger partial charge in [-0.2, -0.15) is 5.10 Å². The minimum absolute atomic E-state index is 0.0800. The molecule has 2 heterocycles. The van der Waals surface area contributed by atoms with Crippen LogP contribution in [0.3, 0.4) is 0 Å². The predicted octanol–water partition coefficient (Wildman–Crippen LogP) is 0.556. The van der Waals surface area contributed by atoms with Crippen LogP contribution in [-0.4, -0.2) is 45.1 Å². The van der Waals surface area contributed by atoms with E-state index in [1.54, 1.807) is 0 Å². The van der Waals surface area contributed by atoms with Gasteiger partial charge in [0, 0.05) is 31.5 Å². The molecule has 0 spiro atoms. The Hall–Kier alpha value is -1.43. The molecule has 2 atom stereocenters. The van der Waals surface area contributed by atoms with E-state index in [0.717, 1.165) is 31.0 Å². The molecule has 18 heavy (non-hydrogen) atoms. The highest BCUT2D eigenvalue weighted by molar-refractivity contribution is 5.76. The van der Waals surface area contributed by atoms with Crippen LogP contribution in [0.5, 0.6) is 0 Å². The molecule has 2 unspecified atom stereocenters. The number of aromatic nitrogens is 3. The summed E-state index contributed by atoms with van der Waals surface area (Å²) in [6.45, 7) is 5.28. The predicted molar refractivity (Wildman–Crippen MR) is 67.9 cm³/mol. The zero-order chi connectivity index (χ0) is 13.1. The number of hydrogen-bond donors (Lipinski definition) is 2. The van der Waals surface area contributed by atoms with Crippen molar-refractivity contribution in [1.29, 1.82) is 0 Å². The number of carbonyl (C=O) groups excluding carboxylic acids is 1. The molecule has 1 amide bonds. The molecule has 0 bridgehead atoms. The minimum atomic E-state index is -0.0800. The van der Waals surface area contributed by atoms with Crippen LogP contribution in [0.1, 0.15) is 43.8 Å². The maximum atomic E-state index is 12.0. The van der Waals surface area contributed by atoms with Crippen molar-refractivity contribution in [2.45, 2.75) is 45.1 Å². The van der Waals surface area contributed by atoms with Gasteiger partial charge in [-0.15, -0.1) is 0 Å². The van der Waals surface area contributed by atoms with Gasteiger partial charge >= 0.3 is 0 Å². The summed E-state index contributed by atoms with van der Waals surface area (Å²) in [6.07, 6.45) is 2.46. The number of hydrogen-bond acceptors (Lipinski definition) is 4. The highest BCUT2D eigenvalue weighted by Crippen LogP contribution is 2.24. The lowest BCUT2D eigenvalue weighted by atomic mass is 9.97. The average Bonchev–Trinajstić information content (AvgIpc) is 2.75. The topological polar surface area (TPSA) is 87.9 Å². The summed E-state index contributed by atoms with van der Waals surface area (Å²) in [6, 6.07) is -0.0800. The van der Waals surface area contributed by atoms with Gasteiger partial charge in [0.15, 0.2) is 5.82 Å². The molecular weight excluding hydrogens is 230 g/mol. The van der Waals surface area contributed by atoms with Crippen molar-refractivity contribution in [2.75, 3.05) is 13.1 Å². The number of H-pyrrole nitrogens is 1. The van der Waals surface area contributed by atoms with E-state index in [2.05, 4.69) is 15.2 Å². The monoisotopic (exact) mass is 251 g/mol. The van der Waals surface area contributed by atoms with Crippen LogP contribution in [-0.2, 0) is 4.79 Å². The van der Waals surface area contributed by atoms with Gasteiger partial charge in [0.1, 0.15) is 5.82 Å². The van der Waals surface area contributed by atoms with E-state index in [-0.39, 0.29) is 17.9 Å².